The maximum Gasteiger partial charge on any atom is 0.317 e. The van der Waals surface area contributed by atoms with Crippen molar-refractivity contribution in [2.75, 3.05) is 13.2 Å². The number of amides is 2. The van der Waals surface area contributed by atoms with Gasteiger partial charge >= 0.3 is 6.03 Å². The third-order valence-corrected chi connectivity index (χ3v) is 4.97. The second kappa shape index (κ2) is 5.74. The van der Waals surface area contributed by atoms with Crippen molar-refractivity contribution in [3.8, 4) is 0 Å². The van der Waals surface area contributed by atoms with E-state index >= 15 is 0 Å². The Morgan fingerprint density at radius 2 is 2.25 bits per heavy atom. The van der Waals surface area contributed by atoms with Crippen molar-refractivity contribution >= 4 is 22.0 Å². The average molecular weight is 339 g/mol. The van der Waals surface area contributed by atoms with Crippen LogP contribution >= 0.6 is 15.9 Å². The van der Waals surface area contributed by atoms with Crippen molar-refractivity contribution in [3.05, 3.63) is 34.3 Å². The molecule has 0 spiro atoms. The molecule has 1 heterocycles. The quantitative estimate of drug-likeness (QED) is 0.889. The van der Waals surface area contributed by atoms with Crippen LogP contribution in [0.1, 0.15) is 30.7 Å². The third kappa shape index (κ3) is 2.69. The molecule has 2 aliphatic rings. The standard InChI is InChI=1S/C15H19BrN2O2/c16-13-6-2-1-5-11(13)12-8-14(12)17-15(20)18-7-3-4-10(18)9-19/h1-2,5-6,10,12,14,19H,3-4,7-9H2,(H,17,20). The number of benzene rings is 1. The summed E-state index contributed by atoms with van der Waals surface area (Å²) >= 11 is 3.56. The second-order valence-corrected chi connectivity index (χ2v) is 6.45. The molecule has 1 aliphatic carbocycles. The summed E-state index contributed by atoms with van der Waals surface area (Å²) in [5.41, 5.74) is 1.26. The van der Waals surface area contributed by atoms with Crippen LogP contribution in [0.5, 0.6) is 0 Å². The molecule has 4 nitrogen and oxygen atoms in total. The molecule has 0 aromatic heterocycles. The Hall–Kier alpha value is -1.07. The number of nitrogens with zero attached hydrogens (tertiary/aromatic N) is 1. The Morgan fingerprint density at radius 1 is 1.45 bits per heavy atom. The molecule has 1 saturated heterocycles. The highest BCUT2D eigenvalue weighted by Crippen LogP contribution is 2.43. The predicted octanol–water partition coefficient (Wildman–Crippen LogP) is 2.47. The number of urea groups is 1. The number of rotatable bonds is 3. The van der Waals surface area contributed by atoms with Gasteiger partial charge in [-0.25, -0.2) is 4.79 Å². The smallest absolute Gasteiger partial charge is 0.317 e. The summed E-state index contributed by atoms with van der Waals surface area (Å²) in [5, 5.41) is 12.4. The van der Waals surface area contributed by atoms with E-state index in [1.54, 1.807) is 4.90 Å². The predicted molar refractivity (Wildman–Crippen MR) is 80.6 cm³/mol. The molecule has 3 atom stereocenters. The van der Waals surface area contributed by atoms with Gasteiger partial charge in [0.2, 0.25) is 0 Å². The van der Waals surface area contributed by atoms with Crippen LogP contribution in [0.4, 0.5) is 4.79 Å². The number of likely N-dealkylation sites (tertiary alicyclic amines) is 1. The van der Waals surface area contributed by atoms with E-state index in [1.807, 2.05) is 18.2 Å². The van der Waals surface area contributed by atoms with Crippen LogP contribution in [-0.2, 0) is 0 Å². The number of aliphatic hydroxyl groups is 1. The van der Waals surface area contributed by atoms with Gasteiger partial charge in [0.25, 0.3) is 0 Å². The number of halogens is 1. The highest BCUT2D eigenvalue weighted by atomic mass is 79.9. The van der Waals surface area contributed by atoms with Gasteiger partial charge in [-0.3, -0.25) is 0 Å². The lowest BCUT2D eigenvalue weighted by atomic mass is 10.1. The Balaban J connectivity index is 1.58. The molecule has 3 unspecified atom stereocenters. The van der Waals surface area contributed by atoms with Gasteiger partial charge < -0.3 is 15.3 Å². The molecule has 1 aliphatic heterocycles. The monoisotopic (exact) mass is 338 g/mol. The topological polar surface area (TPSA) is 52.6 Å². The van der Waals surface area contributed by atoms with Crippen molar-refractivity contribution in [2.24, 2.45) is 0 Å². The van der Waals surface area contributed by atoms with Gasteiger partial charge in [-0.1, -0.05) is 34.1 Å². The lowest BCUT2D eigenvalue weighted by Gasteiger charge is -2.23. The van der Waals surface area contributed by atoms with Crippen molar-refractivity contribution in [3.63, 3.8) is 0 Å². The zero-order valence-corrected chi connectivity index (χ0v) is 12.8. The van der Waals surface area contributed by atoms with Gasteiger partial charge in [0, 0.05) is 23.0 Å². The molecule has 20 heavy (non-hydrogen) atoms. The number of carbonyl (C=O) groups excluding carboxylic acids is 1. The SMILES string of the molecule is O=C(NC1CC1c1ccccc1Br)N1CCCC1CO. The molecule has 1 aromatic rings. The summed E-state index contributed by atoms with van der Waals surface area (Å²) in [6.45, 7) is 0.815. The number of hydrogen-bond acceptors (Lipinski definition) is 2. The molecule has 1 saturated carbocycles. The van der Waals surface area contributed by atoms with E-state index in [1.165, 1.54) is 5.56 Å². The molecule has 2 amide bonds. The van der Waals surface area contributed by atoms with Gasteiger partial charge in [-0.2, -0.15) is 0 Å². The van der Waals surface area contributed by atoms with Crippen LogP contribution in [-0.4, -0.2) is 41.3 Å². The fraction of sp³-hybridized carbons (Fsp3) is 0.533. The van der Waals surface area contributed by atoms with Gasteiger partial charge in [0.1, 0.15) is 0 Å². The fourth-order valence-corrected chi connectivity index (χ4v) is 3.59. The first-order chi connectivity index (χ1) is 9.70. The summed E-state index contributed by atoms with van der Waals surface area (Å²) in [6, 6.07) is 8.36. The molecular weight excluding hydrogens is 320 g/mol. The lowest BCUT2D eigenvalue weighted by molar-refractivity contribution is 0.157. The maximum atomic E-state index is 12.2. The van der Waals surface area contributed by atoms with Crippen LogP contribution in [0.15, 0.2) is 28.7 Å². The second-order valence-electron chi connectivity index (χ2n) is 5.59. The molecular formula is C15H19BrN2O2. The molecule has 0 radical (unpaired) electrons. The number of aliphatic hydroxyl groups excluding tert-OH is 1. The van der Waals surface area contributed by atoms with Crippen LogP contribution in [0.2, 0.25) is 0 Å². The molecule has 2 N–H and O–H groups in total. The van der Waals surface area contributed by atoms with Crippen molar-refractivity contribution in [1.29, 1.82) is 0 Å². The molecule has 1 aromatic carbocycles. The number of hydrogen-bond donors (Lipinski definition) is 2. The van der Waals surface area contributed by atoms with Crippen LogP contribution < -0.4 is 5.32 Å². The van der Waals surface area contributed by atoms with E-state index in [0.29, 0.717) is 5.92 Å². The minimum atomic E-state index is -0.0268. The Kier molecular flexibility index (Phi) is 3.98. The van der Waals surface area contributed by atoms with E-state index in [0.717, 1.165) is 30.3 Å². The zero-order valence-electron chi connectivity index (χ0n) is 11.3. The van der Waals surface area contributed by atoms with Crippen LogP contribution in [0.3, 0.4) is 0 Å². The highest BCUT2D eigenvalue weighted by Gasteiger charge is 2.42. The molecule has 0 bridgehead atoms. The van der Waals surface area contributed by atoms with Gasteiger partial charge in [0.15, 0.2) is 0 Å². The van der Waals surface area contributed by atoms with Gasteiger partial charge in [-0.15, -0.1) is 0 Å². The third-order valence-electron chi connectivity index (χ3n) is 4.25. The summed E-state index contributed by atoms with van der Waals surface area (Å²) in [5.74, 6) is 0.407. The normalized spacial score (nSPS) is 28.5. The molecule has 5 heteroatoms. The average Bonchev–Trinajstić information content (AvgIpc) is 3.03. The summed E-state index contributed by atoms with van der Waals surface area (Å²) < 4.78 is 1.11. The van der Waals surface area contributed by atoms with Crippen molar-refractivity contribution in [2.45, 2.75) is 37.3 Å². The van der Waals surface area contributed by atoms with E-state index in [-0.39, 0.29) is 24.7 Å². The Labute approximate surface area is 127 Å². The highest BCUT2D eigenvalue weighted by molar-refractivity contribution is 9.10. The van der Waals surface area contributed by atoms with E-state index < -0.39 is 0 Å². The number of nitrogens with one attached hydrogen (secondary N) is 1. The van der Waals surface area contributed by atoms with E-state index in [4.69, 9.17) is 0 Å². The fourth-order valence-electron chi connectivity index (χ4n) is 3.01. The minimum absolute atomic E-state index is 0.00402. The van der Waals surface area contributed by atoms with Crippen LogP contribution in [0, 0.1) is 0 Å². The number of carbonyl (C=O) groups is 1. The van der Waals surface area contributed by atoms with Crippen molar-refractivity contribution in [1.82, 2.24) is 10.2 Å². The maximum absolute atomic E-state index is 12.2. The molecule has 2 fully saturated rings. The summed E-state index contributed by atoms with van der Waals surface area (Å²) in [4.78, 5) is 14.0. The molecule has 3 rings (SSSR count). The first-order valence-corrected chi connectivity index (χ1v) is 7.92. The summed E-state index contributed by atoms with van der Waals surface area (Å²) in [7, 11) is 0. The lowest BCUT2D eigenvalue weighted by Crippen LogP contribution is -2.45. The van der Waals surface area contributed by atoms with Gasteiger partial charge in [0.05, 0.1) is 12.6 Å². The first kappa shape index (κ1) is 13.9. The molecule has 108 valence electrons. The first-order valence-electron chi connectivity index (χ1n) is 7.13. The zero-order chi connectivity index (χ0) is 14.1. The summed E-state index contributed by atoms with van der Waals surface area (Å²) in [6.07, 6.45) is 2.88. The largest absolute Gasteiger partial charge is 0.394 e. The van der Waals surface area contributed by atoms with Crippen LogP contribution in [0.25, 0.3) is 0 Å². The Bertz CT molecular complexity index is 508. The van der Waals surface area contributed by atoms with E-state index in [2.05, 4.69) is 27.3 Å². The Morgan fingerprint density at radius 3 is 3.00 bits per heavy atom. The van der Waals surface area contributed by atoms with Gasteiger partial charge in [-0.05, 0) is 30.9 Å². The minimum Gasteiger partial charge on any atom is -0.394 e. The van der Waals surface area contributed by atoms with E-state index in [9.17, 15) is 9.90 Å². The van der Waals surface area contributed by atoms with Crippen molar-refractivity contribution < 1.29 is 9.90 Å².